The zero-order chi connectivity index (χ0) is 14.5. The highest BCUT2D eigenvalue weighted by atomic mass is 16.5. The van der Waals surface area contributed by atoms with Crippen molar-refractivity contribution in [1.82, 2.24) is 9.88 Å². The normalized spacial score (nSPS) is 14.1. The molecule has 0 amide bonds. The summed E-state index contributed by atoms with van der Waals surface area (Å²) in [6.45, 7) is 2.43. The molecule has 1 saturated carbocycles. The summed E-state index contributed by atoms with van der Waals surface area (Å²) < 4.78 is 13.2. The molecule has 1 aliphatic carbocycles. The first kappa shape index (κ1) is 14.0. The lowest BCUT2D eigenvalue weighted by molar-refractivity contribution is 0.280. The summed E-state index contributed by atoms with van der Waals surface area (Å²) in [7, 11) is 1.66. The molecule has 0 atom stereocenters. The fourth-order valence-electron chi connectivity index (χ4n) is 2.28. The molecule has 2 aromatic rings. The van der Waals surface area contributed by atoms with Crippen molar-refractivity contribution in [3.8, 4) is 11.5 Å². The number of hydrogen-bond acceptors (Lipinski definition) is 3. The van der Waals surface area contributed by atoms with Gasteiger partial charge in [-0.25, -0.2) is 0 Å². The van der Waals surface area contributed by atoms with E-state index < -0.39 is 0 Å². The summed E-state index contributed by atoms with van der Waals surface area (Å²) in [6.07, 6.45) is 6.94. The Morgan fingerprint density at radius 2 is 2.00 bits per heavy atom. The van der Waals surface area contributed by atoms with Crippen LogP contribution in [0.5, 0.6) is 11.5 Å². The van der Waals surface area contributed by atoms with Crippen LogP contribution in [0.2, 0.25) is 0 Å². The van der Waals surface area contributed by atoms with E-state index in [-0.39, 0.29) is 0 Å². The molecule has 4 heteroatoms. The largest absolute Gasteiger partial charge is 0.493 e. The van der Waals surface area contributed by atoms with Gasteiger partial charge in [0.2, 0.25) is 0 Å². The van der Waals surface area contributed by atoms with Crippen molar-refractivity contribution < 1.29 is 9.47 Å². The van der Waals surface area contributed by atoms with Gasteiger partial charge >= 0.3 is 0 Å². The molecule has 1 N–H and O–H groups in total. The SMILES string of the molecule is COc1ccccc1OCCn1ccc(CNC2CC2)c1. The molecule has 0 bridgehead atoms. The number of ether oxygens (including phenoxy) is 2. The number of benzene rings is 1. The third-order valence-corrected chi connectivity index (χ3v) is 3.66. The van der Waals surface area contributed by atoms with Crippen LogP contribution < -0.4 is 14.8 Å². The lowest BCUT2D eigenvalue weighted by Crippen LogP contribution is -2.14. The van der Waals surface area contributed by atoms with Crippen molar-refractivity contribution in [1.29, 1.82) is 0 Å². The molecule has 0 radical (unpaired) electrons. The van der Waals surface area contributed by atoms with E-state index in [9.17, 15) is 0 Å². The van der Waals surface area contributed by atoms with Crippen LogP contribution in [0.4, 0.5) is 0 Å². The summed E-state index contributed by atoms with van der Waals surface area (Å²) in [5.74, 6) is 1.57. The van der Waals surface area contributed by atoms with Gasteiger partial charge in [-0.2, -0.15) is 0 Å². The first-order chi connectivity index (χ1) is 10.3. The van der Waals surface area contributed by atoms with Crippen LogP contribution in [0.25, 0.3) is 0 Å². The number of rotatable bonds is 8. The number of methoxy groups -OCH3 is 1. The maximum atomic E-state index is 5.79. The highest BCUT2D eigenvalue weighted by Crippen LogP contribution is 2.25. The second-order valence-corrected chi connectivity index (χ2v) is 5.41. The minimum absolute atomic E-state index is 0.630. The van der Waals surface area contributed by atoms with Gasteiger partial charge in [0.15, 0.2) is 11.5 Å². The Labute approximate surface area is 125 Å². The van der Waals surface area contributed by atoms with E-state index in [1.54, 1.807) is 7.11 Å². The van der Waals surface area contributed by atoms with Crippen LogP contribution in [0.3, 0.4) is 0 Å². The van der Waals surface area contributed by atoms with Crippen molar-refractivity contribution in [3.63, 3.8) is 0 Å². The van der Waals surface area contributed by atoms with Gasteiger partial charge in [-0.15, -0.1) is 0 Å². The summed E-state index contributed by atoms with van der Waals surface area (Å²) in [5, 5.41) is 3.52. The lowest BCUT2D eigenvalue weighted by Gasteiger charge is -2.10. The minimum Gasteiger partial charge on any atom is -0.493 e. The van der Waals surface area contributed by atoms with Crippen LogP contribution in [-0.2, 0) is 13.1 Å². The third kappa shape index (κ3) is 4.02. The molecule has 1 aliphatic rings. The zero-order valence-electron chi connectivity index (χ0n) is 12.4. The van der Waals surface area contributed by atoms with E-state index in [2.05, 4.69) is 28.3 Å². The minimum atomic E-state index is 0.630. The molecule has 4 nitrogen and oxygen atoms in total. The Bertz CT molecular complexity index is 576. The van der Waals surface area contributed by atoms with Crippen LogP contribution in [-0.4, -0.2) is 24.3 Å². The zero-order valence-corrected chi connectivity index (χ0v) is 12.4. The summed E-state index contributed by atoms with van der Waals surface area (Å²) in [4.78, 5) is 0. The van der Waals surface area contributed by atoms with Crippen LogP contribution in [0.1, 0.15) is 18.4 Å². The molecule has 1 heterocycles. The Morgan fingerprint density at radius 3 is 2.76 bits per heavy atom. The molecular formula is C17H22N2O2. The second kappa shape index (κ2) is 6.68. The first-order valence-corrected chi connectivity index (χ1v) is 7.49. The third-order valence-electron chi connectivity index (χ3n) is 3.66. The molecule has 21 heavy (non-hydrogen) atoms. The molecule has 0 saturated heterocycles. The quantitative estimate of drug-likeness (QED) is 0.810. The van der Waals surface area contributed by atoms with Crippen LogP contribution in [0, 0.1) is 0 Å². The summed E-state index contributed by atoms with van der Waals surface area (Å²) >= 11 is 0. The number of aromatic nitrogens is 1. The Kier molecular flexibility index (Phi) is 4.46. The van der Waals surface area contributed by atoms with Crippen molar-refractivity contribution in [2.75, 3.05) is 13.7 Å². The smallest absolute Gasteiger partial charge is 0.161 e. The van der Waals surface area contributed by atoms with Crippen molar-refractivity contribution in [2.45, 2.75) is 32.0 Å². The molecule has 0 unspecified atom stereocenters. The maximum Gasteiger partial charge on any atom is 0.161 e. The molecule has 1 aromatic heterocycles. The average Bonchev–Trinajstić information content (AvgIpc) is 3.24. The predicted octanol–water partition coefficient (Wildman–Crippen LogP) is 2.83. The first-order valence-electron chi connectivity index (χ1n) is 7.49. The van der Waals surface area contributed by atoms with Crippen molar-refractivity contribution in [3.05, 3.63) is 48.3 Å². The van der Waals surface area contributed by atoms with Gasteiger partial charge in [0.1, 0.15) is 6.61 Å². The van der Waals surface area contributed by atoms with Gasteiger partial charge in [0, 0.05) is 25.0 Å². The van der Waals surface area contributed by atoms with E-state index >= 15 is 0 Å². The highest BCUT2D eigenvalue weighted by molar-refractivity contribution is 5.39. The molecule has 0 aliphatic heterocycles. The molecule has 112 valence electrons. The fourth-order valence-corrected chi connectivity index (χ4v) is 2.28. The summed E-state index contributed by atoms with van der Waals surface area (Å²) in [5.41, 5.74) is 1.33. The van der Waals surface area contributed by atoms with Gasteiger partial charge in [-0.1, -0.05) is 12.1 Å². The van der Waals surface area contributed by atoms with E-state index in [1.807, 2.05) is 24.3 Å². The number of nitrogens with one attached hydrogen (secondary N) is 1. The van der Waals surface area contributed by atoms with E-state index in [0.29, 0.717) is 6.61 Å². The molecule has 1 aromatic carbocycles. The van der Waals surface area contributed by atoms with Gasteiger partial charge in [-0.05, 0) is 36.6 Å². The molecule has 0 spiro atoms. The topological polar surface area (TPSA) is 35.4 Å². The molecule has 1 fully saturated rings. The maximum absolute atomic E-state index is 5.79. The van der Waals surface area contributed by atoms with Crippen LogP contribution >= 0.6 is 0 Å². The number of para-hydroxylation sites is 2. The number of nitrogens with zero attached hydrogens (tertiary/aromatic N) is 1. The van der Waals surface area contributed by atoms with Crippen LogP contribution in [0.15, 0.2) is 42.7 Å². The van der Waals surface area contributed by atoms with E-state index in [4.69, 9.17) is 9.47 Å². The average molecular weight is 286 g/mol. The molecular weight excluding hydrogens is 264 g/mol. The monoisotopic (exact) mass is 286 g/mol. The summed E-state index contributed by atoms with van der Waals surface area (Å²) in [6, 6.07) is 10.7. The van der Waals surface area contributed by atoms with Gasteiger partial charge in [0.25, 0.3) is 0 Å². The Balaban J connectivity index is 1.46. The van der Waals surface area contributed by atoms with Gasteiger partial charge < -0.3 is 19.4 Å². The Morgan fingerprint density at radius 1 is 1.19 bits per heavy atom. The Hall–Kier alpha value is -1.94. The molecule has 3 rings (SSSR count). The lowest BCUT2D eigenvalue weighted by atomic mass is 10.3. The second-order valence-electron chi connectivity index (χ2n) is 5.41. The highest BCUT2D eigenvalue weighted by Gasteiger charge is 2.19. The standard InChI is InChI=1S/C17H22N2O2/c1-20-16-4-2-3-5-17(16)21-11-10-19-9-8-14(13-19)12-18-15-6-7-15/h2-5,8-9,13,15,18H,6-7,10-12H2,1H3. The van der Waals surface area contributed by atoms with E-state index in [0.717, 1.165) is 30.6 Å². The number of hydrogen-bond donors (Lipinski definition) is 1. The fraction of sp³-hybridized carbons (Fsp3) is 0.412. The van der Waals surface area contributed by atoms with Crippen molar-refractivity contribution in [2.24, 2.45) is 0 Å². The van der Waals surface area contributed by atoms with Crippen molar-refractivity contribution >= 4 is 0 Å². The predicted molar refractivity (Wildman–Crippen MR) is 82.8 cm³/mol. The van der Waals surface area contributed by atoms with E-state index in [1.165, 1.54) is 18.4 Å². The van der Waals surface area contributed by atoms with Gasteiger partial charge in [0.05, 0.1) is 13.7 Å². The van der Waals surface area contributed by atoms with Gasteiger partial charge in [-0.3, -0.25) is 0 Å².